The van der Waals surface area contributed by atoms with Gasteiger partial charge in [0.25, 0.3) is 5.91 Å². The van der Waals surface area contributed by atoms with Crippen LogP contribution in [0, 0.1) is 0 Å². The molecule has 0 aliphatic heterocycles. The second-order valence-corrected chi connectivity index (χ2v) is 4.98. The van der Waals surface area contributed by atoms with Gasteiger partial charge >= 0.3 is 0 Å². The Bertz CT molecular complexity index is 554. The molecule has 0 spiro atoms. The first-order valence-corrected chi connectivity index (χ1v) is 6.73. The highest BCUT2D eigenvalue weighted by atomic mass is 79.9. The maximum absolute atomic E-state index is 12.0. The van der Waals surface area contributed by atoms with Gasteiger partial charge in [0.05, 0.1) is 0 Å². The molecule has 0 fully saturated rings. The quantitative estimate of drug-likeness (QED) is 0.831. The van der Waals surface area contributed by atoms with E-state index in [1.54, 1.807) is 12.1 Å². The van der Waals surface area contributed by atoms with Gasteiger partial charge in [-0.3, -0.25) is 4.79 Å². The van der Waals surface area contributed by atoms with Crippen molar-refractivity contribution in [3.63, 3.8) is 0 Å². The molecule has 2 aromatic rings. The van der Waals surface area contributed by atoms with Crippen molar-refractivity contribution in [2.75, 3.05) is 5.32 Å². The van der Waals surface area contributed by atoms with Crippen LogP contribution in [0.2, 0.25) is 0 Å². The Hall–Kier alpha value is -1.32. The lowest BCUT2D eigenvalue weighted by molar-refractivity contribution is 0.102. The predicted octanol–water partition coefficient (Wildman–Crippen LogP) is 4.44. The van der Waals surface area contributed by atoms with Gasteiger partial charge in [-0.05, 0) is 35.9 Å². The van der Waals surface area contributed by atoms with Gasteiger partial charge in [-0.2, -0.15) is 0 Å². The second-order valence-electron chi connectivity index (χ2n) is 3.80. The third-order valence-electron chi connectivity index (χ3n) is 2.45. The Morgan fingerprint density at radius 2 is 1.89 bits per heavy atom. The Balaban J connectivity index is 2.11. The third-order valence-corrected chi connectivity index (χ3v) is 3.25. The van der Waals surface area contributed by atoms with E-state index in [1.807, 2.05) is 36.4 Å². The molecule has 0 aliphatic rings. The van der Waals surface area contributed by atoms with E-state index < -0.39 is 0 Å². The molecule has 2 aromatic carbocycles. The molecule has 2 rings (SSSR count). The van der Waals surface area contributed by atoms with Crippen molar-refractivity contribution in [2.24, 2.45) is 0 Å². The van der Waals surface area contributed by atoms with E-state index in [9.17, 15) is 4.79 Å². The van der Waals surface area contributed by atoms with Gasteiger partial charge in [-0.15, -0.1) is 11.6 Å². The molecular formula is C14H11BrClNO. The predicted molar refractivity (Wildman–Crippen MR) is 78.1 cm³/mol. The smallest absolute Gasteiger partial charge is 0.255 e. The van der Waals surface area contributed by atoms with Crippen LogP contribution in [0.3, 0.4) is 0 Å². The summed E-state index contributed by atoms with van der Waals surface area (Å²) in [6.07, 6.45) is 0. The SMILES string of the molecule is O=C(Nc1ccc(CCl)cc1)c1cccc(Br)c1. The van der Waals surface area contributed by atoms with Crippen LogP contribution < -0.4 is 5.32 Å². The summed E-state index contributed by atoms with van der Waals surface area (Å²) in [5.41, 5.74) is 2.40. The molecule has 1 amide bonds. The van der Waals surface area contributed by atoms with Crippen molar-refractivity contribution in [3.05, 3.63) is 64.1 Å². The molecule has 0 aliphatic carbocycles. The van der Waals surface area contributed by atoms with Gasteiger partial charge in [0.15, 0.2) is 0 Å². The lowest BCUT2D eigenvalue weighted by Crippen LogP contribution is -2.11. The summed E-state index contributed by atoms with van der Waals surface area (Å²) in [5, 5.41) is 2.83. The van der Waals surface area contributed by atoms with Crippen LogP contribution in [0.25, 0.3) is 0 Å². The summed E-state index contributed by atoms with van der Waals surface area (Å²) in [5.74, 6) is 0.342. The van der Waals surface area contributed by atoms with E-state index in [4.69, 9.17) is 11.6 Å². The highest BCUT2D eigenvalue weighted by Crippen LogP contribution is 2.15. The Kier molecular flexibility index (Phi) is 4.39. The van der Waals surface area contributed by atoms with Crippen LogP contribution in [0.1, 0.15) is 15.9 Å². The highest BCUT2D eigenvalue weighted by molar-refractivity contribution is 9.10. The molecule has 0 radical (unpaired) electrons. The fourth-order valence-corrected chi connectivity index (χ4v) is 2.09. The van der Waals surface area contributed by atoms with Crippen LogP contribution in [-0.4, -0.2) is 5.91 Å². The second kappa shape index (κ2) is 6.03. The number of hydrogen-bond acceptors (Lipinski definition) is 1. The molecule has 0 heterocycles. The zero-order valence-corrected chi connectivity index (χ0v) is 11.8. The van der Waals surface area contributed by atoms with Crippen molar-refractivity contribution in [1.29, 1.82) is 0 Å². The molecule has 0 saturated heterocycles. The van der Waals surface area contributed by atoms with E-state index in [0.29, 0.717) is 11.4 Å². The summed E-state index contributed by atoms with van der Waals surface area (Å²) in [6, 6.07) is 14.7. The minimum absolute atomic E-state index is 0.130. The first-order valence-electron chi connectivity index (χ1n) is 5.41. The van der Waals surface area contributed by atoms with Gasteiger partial charge in [0.1, 0.15) is 0 Å². The fourth-order valence-electron chi connectivity index (χ4n) is 1.51. The van der Waals surface area contributed by atoms with E-state index >= 15 is 0 Å². The van der Waals surface area contributed by atoms with E-state index in [2.05, 4.69) is 21.2 Å². The molecule has 0 bridgehead atoms. The number of anilines is 1. The maximum Gasteiger partial charge on any atom is 0.255 e. The molecule has 2 nitrogen and oxygen atoms in total. The summed E-state index contributed by atoms with van der Waals surface area (Å²) >= 11 is 9.05. The van der Waals surface area contributed by atoms with Gasteiger partial charge in [-0.25, -0.2) is 0 Å². The number of alkyl halides is 1. The van der Waals surface area contributed by atoms with Crippen molar-refractivity contribution < 1.29 is 4.79 Å². The van der Waals surface area contributed by atoms with Gasteiger partial charge < -0.3 is 5.32 Å². The van der Waals surface area contributed by atoms with Crippen molar-refractivity contribution in [2.45, 2.75) is 5.88 Å². The number of nitrogens with one attached hydrogen (secondary N) is 1. The van der Waals surface area contributed by atoms with Gasteiger partial charge in [0, 0.05) is 21.6 Å². The molecule has 1 N–H and O–H groups in total. The summed E-state index contributed by atoms with van der Waals surface area (Å²) < 4.78 is 0.882. The average Bonchev–Trinajstić information content (AvgIpc) is 2.39. The monoisotopic (exact) mass is 323 g/mol. The van der Waals surface area contributed by atoms with Crippen LogP contribution in [0.15, 0.2) is 53.0 Å². The number of carbonyl (C=O) groups is 1. The molecule has 18 heavy (non-hydrogen) atoms. The molecular weight excluding hydrogens is 314 g/mol. The lowest BCUT2D eigenvalue weighted by atomic mass is 10.2. The van der Waals surface area contributed by atoms with Crippen LogP contribution >= 0.6 is 27.5 Å². The van der Waals surface area contributed by atoms with Crippen LogP contribution in [0.5, 0.6) is 0 Å². The summed E-state index contributed by atoms with van der Waals surface area (Å²) in [6.45, 7) is 0. The number of amides is 1. The van der Waals surface area contributed by atoms with Crippen molar-refractivity contribution in [3.8, 4) is 0 Å². The zero-order valence-electron chi connectivity index (χ0n) is 9.49. The minimum Gasteiger partial charge on any atom is -0.322 e. The van der Waals surface area contributed by atoms with Crippen molar-refractivity contribution in [1.82, 2.24) is 0 Å². The Morgan fingerprint density at radius 1 is 1.17 bits per heavy atom. The Labute approximate surface area is 119 Å². The average molecular weight is 325 g/mol. The Morgan fingerprint density at radius 3 is 2.50 bits per heavy atom. The first kappa shape index (κ1) is 13.1. The molecule has 0 aromatic heterocycles. The number of benzene rings is 2. The molecule has 0 unspecified atom stereocenters. The molecule has 0 saturated carbocycles. The largest absolute Gasteiger partial charge is 0.322 e. The number of carbonyl (C=O) groups excluding carboxylic acids is 1. The summed E-state index contributed by atoms with van der Waals surface area (Å²) in [4.78, 5) is 12.0. The normalized spacial score (nSPS) is 10.1. The topological polar surface area (TPSA) is 29.1 Å². The van der Waals surface area contributed by atoms with Gasteiger partial charge in [-0.1, -0.05) is 34.1 Å². The first-order chi connectivity index (χ1) is 8.69. The number of halogens is 2. The third kappa shape index (κ3) is 3.34. The summed E-state index contributed by atoms with van der Waals surface area (Å²) in [7, 11) is 0. The van der Waals surface area contributed by atoms with Crippen molar-refractivity contribution >= 4 is 39.1 Å². The molecule has 92 valence electrons. The fraction of sp³-hybridized carbons (Fsp3) is 0.0714. The number of rotatable bonds is 3. The van der Waals surface area contributed by atoms with Crippen LogP contribution in [0.4, 0.5) is 5.69 Å². The van der Waals surface area contributed by atoms with E-state index in [0.717, 1.165) is 15.7 Å². The van der Waals surface area contributed by atoms with Crippen LogP contribution in [-0.2, 0) is 5.88 Å². The zero-order chi connectivity index (χ0) is 13.0. The van der Waals surface area contributed by atoms with E-state index in [-0.39, 0.29) is 5.91 Å². The molecule has 4 heteroatoms. The maximum atomic E-state index is 12.0. The number of hydrogen-bond donors (Lipinski definition) is 1. The minimum atomic E-state index is -0.130. The highest BCUT2D eigenvalue weighted by Gasteiger charge is 2.06. The standard InChI is InChI=1S/C14H11BrClNO/c15-12-3-1-2-11(8-12)14(18)17-13-6-4-10(9-16)5-7-13/h1-8H,9H2,(H,17,18). The lowest BCUT2D eigenvalue weighted by Gasteiger charge is -2.06. The molecule has 0 atom stereocenters. The van der Waals surface area contributed by atoms with Gasteiger partial charge in [0.2, 0.25) is 0 Å². The van der Waals surface area contributed by atoms with E-state index in [1.165, 1.54) is 0 Å².